The van der Waals surface area contributed by atoms with E-state index in [1.807, 2.05) is 0 Å². The van der Waals surface area contributed by atoms with Crippen LogP contribution < -0.4 is 10.6 Å². The van der Waals surface area contributed by atoms with E-state index >= 15 is 0 Å². The van der Waals surface area contributed by atoms with Crippen molar-refractivity contribution in [2.75, 3.05) is 26.0 Å². The van der Waals surface area contributed by atoms with Crippen molar-refractivity contribution in [1.29, 1.82) is 0 Å². The van der Waals surface area contributed by atoms with Crippen LogP contribution in [0.15, 0.2) is 18.2 Å². The van der Waals surface area contributed by atoms with Crippen LogP contribution in [0, 0.1) is 0 Å². The van der Waals surface area contributed by atoms with Crippen LogP contribution in [0.3, 0.4) is 0 Å². The molecule has 20 heavy (non-hydrogen) atoms. The van der Waals surface area contributed by atoms with E-state index in [0.29, 0.717) is 16.3 Å². The van der Waals surface area contributed by atoms with Crippen LogP contribution in [0.4, 0.5) is 5.69 Å². The van der Waals surface area contributed by atoms with Gasteiger partial charge in [0.05, 0.1) is 16.8 Å². The highest BCUT2D eigenvalue weighted by Crippen LogP contribution is 2.24. The van der Waals surface area contributed by atoms with Crippen molar-refractivity contribution in [2.45, 2.75) is 18.9 Å². The Balaban J connectivity index is 2.16. The predicted octanol–water partition coefficient (Wildman–Crippen LogP) is 1.73. The molecule has 1 saturated heterocycles. The summed E-state index contributed by atoms with van der Waals surface area (Å²) >= 11 is 6.07. The van der Waals surface area contributed by atoms with Crippen molar-refractivity contribution in [3.05, 3.63) is 28.8 Å². The molecule has 1 aromatic rings. The van der Waals surface area contributed by atoms with E-state index in [0.717, 1.165) is 19.4 Å². The Bertz CT molecular complexity index is 525. The highest BCUT2D eigenvalue weighted by atomic mass is 35.5. The van der Waals surface area contributed by atoms with E-state index < -0.39 is 0 Å². The monoisotopic (exact) mass is 295 g/mol. The van der Waals surface area contributed by atoms with E-state index in [2.05, 4.69) is 10.6 Å². The molecule has 0 saturated carbocycles. The Hall–Kier alpha value is -1.59. The molecule has 0 bridgehead atoms. The van der Waals surface area contributed by atoms with Crippen molar-refractivity contribution in [3.63, 3.8) is 0 Å². The van der Waals surface area contributed by atoms with Gasteiger partial charge in [0.1, 0.15) is 0 Å². The Labute approximate surface area is 123 Å². The molecular weight excluding hydrogens is 278 g/mol. The minimum Gasteiger partial charge on any atom is -0.345 e. The highest BCUT2D eigenvalue weighted by molar-refractivity contribution is 6.34. The fourth-order valence-electron chi connectivity index (χ4n) is 2.14. The molecule has 1 aromatic carbocycles. The van der Waals surface area contributed by atoms with Gasteiger partial charge in [-0.25, -0.2) is 0 Å². The first-order valence-electron chi connectivity index (χ1n) is 6.54. The molecule has 1 fully saturated rings. The molecule has 2 N–H and O–H groups in total. The lowest BCUT2D eigenvalue weighted by molar-refractivity contribution is -0.117. The summed E-state index contributed by atoms with van der Waals surface area (Å²) in [7, 11) is 3.36. The molecule has 5 nitrogen and oxygen atoms in total. The summed E-state index contributed by atoms with van der Waals surface area (Å²) < 4.78 is 0. The molecule has 1 atom stereocenters. The molecule has 6 heteroatoms. The highest BCUT2D eigenvalue weighted by Gasteiger charge is 2.22. The lowest BCUT2D eigenvalue weighted by Gasteiger charge is -2.15. The first-order chi connectivity index (χ1) is 9.49. The number of carbonyl (C=O) groups excluding carboxylic acids is 2. The summed E-state index contributed by atoms with van der Waals surface area (Å²) in [4.78, 5) is 25.4. The normalized spacial score (nSPS) is 17.9. The standard InChI is InChI=1S/C14H18ClN3O2/c1-18(2)14(20)9-5-6-10(15)12(8-9)17-13(19)11-4-3-7-16-11/h5-6,8,11,16H,3-4,7H2,1-2H3,(H,17,19). The zero-order valence-electron chi connectivity index (χ0n) is 11.6. The molecular formula is C14H18ClN3O2. The van der Waals surface area contributed by atoms with Crippen LogP contribution >= 0.6 is 11.6 Å². The smallest absolute Gasteiger partial charge is 0.253 e. The van der Waals surface area contributed by atoms with Gasteiger partial charge in [-0.15, -0.1) is 0 Å². The summed E-state index contributed by atoms with van der Waals surface area (Å²) in [5.41, 5.74) is 0.965. The molecule has 0 spiro atoms. The number of rotatable bonds is 3. The van der Waals surface area contributed by atoms with Gasteiger partial charge in [0.25, 0.3) is 5.91 Å². The van der Waals surface area contributed by atoms with Crippen LogP contribution in [-0.4, -0.2) is 43.4 Å². The number of hydrogen-bond acceptors (Lipinski definition) is 3. The Morgan fingerprint density at radius 1 is 1.40 bits per heavy atom. The van der Waals surface area contributed by atoms with Crippen LogP contribution in [0.1, 0.15) is 23.2 Å². The van der Waals surface area contributed by atoms with Gasteiger partial charge in [-0.05, 0) is 37.6 Å². The Kier molecular flexibility index (Phi) is 4.62. The summed E-state index contributed by atoms with van der Waals surface area (Å²) in [5.74, 6) is -0.241. The molecule has 0 aliphatic carbocycles. The quantitative estimate of drug-likeness (QED) is 0.893. The second-order valence-electron chi connectivity index (χ2n) is 5.03. The maximum Gasteiger partial charge on any atom is 0.253 e. The minimum atomic E-state index is -0.181. The van der Waals surface area contributed by atoms with Crippen molar-refractivity contribution in [1.82, 2.24) is 10.2 Å². The number of carbonyl (C=O) groups is 2. The maximum atomic E-state index is 12.1. The summed E-state index contributed by atoms with van der Waals surface area (Å²) in [6, 6.07) is 4.70. The topological polar surface area (TPSA) is 61.4 Å². The second-order valence-corrected chi connectivity index (χ2v) is 5.44. The summed E-state index contributed by atoms with van der Waals surface area (Å²) in [6.45, 7) is 0.852. The van der Waals surface area contributed by atoms with Gasteiger partial charge < -0.3 is 15.5 Å². The lowest BCUT2D eigenvalue weighted by atomic mass is 10.1. The summed E-state index contributed by atoms with van der Waals surface area (Å²) in [5, 5.41) is 6.33. The fraction of sp³-hybridized carbons (Fsp3) is 0.429. The first-order valence-corrected chi connectivity index (χ1v) is 6.92. The van der Waals surface area contributed by atoms with Gasteiger partial charge in [0.2, 0.25) is 5.91 Å². The van der Waals surface area contributed by atoms with Crippen molar-refractivity contribution in [3.8, 4) is 0 Å². The minimum absolute atomic E-state index is 0.112. The van der Waals surface area contributed by atoms with Crippen LogP contribution in [0.5, 0.6) is 0 Å². The third-order valence-electron chi connectivity index (χ3n) is 3.25. The number of anilines is 1. The molecule has 1 heterocycles. The third kappa shape index (κ3) is 3.29. The maximum absolute atomic E-state index is 12.1. The Morgan fingerprint density at radius 3 is 2.75 bits per heavy atom. The number of benzene rings is 1. The molecule has 0 aromatic heterocycles. The van der Waals surface area contributed by atoms with E-state index in [4.69, 9.17) is 11.6 Å². The zero-order valence-corrected chi connectivity index (χ0v) is 12.3. The van der Waals surface area contributed by atoms with Gasteiger partial charge in [-0.3, -0.25) is 9.59 Å². The van der Waals surface area contributed by atoms with Crippen LogP contribution in [0.25, 0.3) is 0 Å². The molecule has 2 amide bonds. The molecule has 1 unspecified atom stereocenters. The number of nitrogens with zero attached hydrogens (tertiary/aromatic N) is 1. The average Bonchev–Trinajstić information content (AvgIpc) is 2.94. The van der Waals surface area contributed by atoms with Gasteiger partial charge >= 0.3 is 0 Å². The number of amides is 2. The number of hydrogen-bond donors (Lipinski definition) is 2. The second kappa shape index (κ2) is 6.24. The zero-order chi connectivity index (χ0) is 14.7. The third-order valence-corrected chi connectivity index (χ3v) is 3.58. The van der Waals surface area contributed by atoms with Crippen molar-refractivity contribution >= 4 is 29.1 Å². The predicted molar refractivity (Wildman–Crippen MR) is 79.1 cm³/mol. The van der Waals surface area contributed by atoms with Crippen molar-refractivity contribution < 1.29 is 9.59 Å². The van der Waals surface area contributed by atoms with Gasteiger partial charge in [0, 0.05) is 19.7 Å². The molecule has 2 rings (SSSR count). The van der Waals surface area contributed by atoms with Gasteiger partial charge in [-0.2, -0.15) is 0 Å². The molecule has 1 aliphatic rings. The molecule has 0 radical (unpaired) electrons. The van der Waals surface area contributed by atoms with Gasteiger partial charge in [-0.1, -0.05) is 11.6 Å². The average molecular weight is 296 g/mol. The van der Waals surface area contributed by atoms with E-state index in [1.165, 1.54) is 4.90 Å². The van der Waals surface area contributed by atoms with E-state index in [-0.39, 0.29) is 17.9 Å². The SMILES string of the molecule is CN(C)C(=O)c1ccc(Cl)c(NC(=O)C2CCCN2)c1. The first kappa shape index (κ1) is 14.8. The molecule has 108 valence electrons. The fourth-order valence-corrected chi connectivity index (χ4v) is 2.31. The van der Waals surface area contributed by atoms with Crippen molar-refractivity contribution in [2.24, 2.45) is 0 Å². The number of nitrogens with one attached hydrogen (secondary N) is 2. The molecule has 1 aliphatic heterocycles. The number of halogens is 1. The van der Waals surface area contributed by atoms with Crippen LogP contribution in [-0.2, 0) is 4.79 Å². The van der Waals surface area contributed by atoms with Gasteiger partial charge in [0.15, 0.2) is 0 Å². The summed E-state index contributed by atoms with van der Waals surface area (Å²) in [6.07, 6.45) is 1.81. The van der Waals surface area contributed by atoms with E-state index in [1.54, 1.807) is 32.3 Å². The Morgan fingerprint density at radius 2 is 2.15 bits per heavy atom. The van der Waals surface area contributed by atoms with E-state index in [9.17, 15) is 9.59 Å². The largest absolute Gasteiger partial charge is 0.345 e. The van der Waals surface area contributed by atoms with Crippen LogP contribution in [0.2, 0.25) is 5.02 Å². The lowest BCUT2D eigenvalue weighted by Crippen LogP contribution is -2.35.